The molecule has 0 saturated heterocycles. The zero-order chi connectivity index (χ0) is 18.6. The van der Waals surface area contributed by atoms with Gasteiger partial charge in [-0.1, -0.05) is 36.4 Å². The second kappa shape index (κ2) is 7.78. The largest absolute Gasteiger partial charge is 0.339 e. The van der Waals surface area contributed by atoms with Crippen molar-refractivity contribution < 1.29 is 0 Å². The standard InChI is InChI=1S/C23H24N4/c1-3-14-24-18-26(22-12-7-5-10-20(22)24)16-9-17-27-19-25(15-4-2)21-11-6-8-13-23(21)27/h3-8,10-13H,1-2,9,14-17H2. The van der Waals surface area contributed by atoms with Gasteiger partial charge in [-0.2, -0.15) is 0 Å². The van der Waals surface area contributed by atoms with Gasteiger partial charge in [0.15, 0.2) is 0 Å². The molecule has 2 aromatic carbocycles. The molecule has 0 aromatic heterocycles. The Morgan fingerprint density at radius 1 is 0.630 bits per heavy atom. The van der Waals surface area contributed by atoms with Gasteiger partial charge in [-0.3, -0.25) is 0 Å². The highest BCUT2D eigenvalue weighted by Crippen LogP contribution is 2.39. The van der Waals surface area contributed by atoms with Crippen LogP contribution in [0.1, 0.15) is 6.42 Å². The van der Waals surface area contributed by atoms with Crippen LogP contribution < -0.4 is 19.6 Å². The third-order valence-corrected chi connectivity index (χ3v) is 4.80. The summed E-state index contributed by atoms with van der Waals surface area (Å²) in [5, 5.41) is 0. The Balaban J connectivity index is 1.39. The van der Waals surface area contributed by atoms with Crippen LogP contribution in [0.4, 0.5) is 22.7 Å². The van der Waals surface area contributed by atoms with E-state index in [9.17, 15) is 0 Å². The molecule has 0 atom stereocenters. The number of hydrogen-bond donors (Lipinski definition) is 0. The molecule has 27 heavy (non-hydrogen) atoms. The molecule has 0 N–H and O–H groups in total. The molecule has 4 heteroatoms. The molecule has 0 aliphatic carbocycles. The average Bonchev–Trinajstić information content (AvgIpc) is 3.22. The minimum absolute atomic E-state index is 0.769. The van der Waals surface area contributed by atoms with Gasteiger partial charge in [0, 0.05) is 26.2 Å². The van der Waals surface area contributed by atoms with E-state index in [1.807, 2.05) is 12.2 Å². The molecule has 0 spiro atoms. The number of fused-ring (bicyclic) bond motifs is 2. The minimum Gasteiger partial charge on any atom is -0.339 e. The van der Waals surface area contributed by atoms with Crippen molar-refractivity contribution in [2.45, 2.75) is 6.42 Å². The van der Waals surface area contributed by atoms with E-state index >= 15 is 0 Å². The summed E-state index contributed by atoms with van der Waals surface area (Å²) >= 11 is 0. The van der Waals surface area contributed by atoms with Crippen molar-refractivity contribution in [1.82, 2.24) is 0 Å². The Morgan fingerprint density at radius 2 is 1.00 bits per heavy atom. The highest BCUT2D eigenvalue weighted by atomic mass is 15.4. The molecule has 0 saturated carbocycles. The third-order valence-electron chi connectivity index (χ3n) is 4.80. The number of rotatable bonds is 8. The van der Waals surface area contributed by atoms with Crippen molar-refractivity contribution >= 4 is 22.7 Å². The van der Waals surface area contributed by atoms with Crippen LogP contribution in [0, 0.1) is 13.3 Å². The van der Waals surface area contributed by atoms with E-state index in [0.717, 1.165) is 32.6 Å². The van der Waals surface area contributed by atoms with Crippen molar-refractivity contribution in [3.8, 4) is 0 Å². The molecule has 0 fully saturated rings. The van der Waals surface area contributed by atoms with Gasteiger partial charge in [0.1, 0.15) is 0 Å². The summed E-state index contributed by atoms with van der Waals surface area (Å²) in [6.07, 6.45) is 4.83. The summed E-state index contributed by atoms with van der Waals surface area (Å²) in [5.74, 6) is 0. The fraction of sp³-hybridized carbons (Fsp3) is 0.217. The summed E-state index contributed by atoms with van der Waals surface area (Å²) < 4.78 is 0. The molecule has 0 unspecified atom stereocenters. The number of hydrogen-bond acceptors (Lipinski definition) is 4. The third kappa shape index (κ3) is 3.39. The van der Waals surface area contributed by atoms with E-state index in [-0.39, 0.29) is 0 Å². The number of benzene rings is 2. The maximum atomic E-state index is 3.85. The summed E-state index contributed by atoms with van der Waals surface area (Å²) in [4.78, 5) is 8.67. The van der Waals surface area contributed by atoms with Gasteiger partial charge in [-0.05, 0) is 30.7 Å². The first kappa shape index (κ1) is 17.5. The van der Waals surface area contributed by atoms with Crippen LogP contribution in [0.25, 0.3) is 0 Å². The average molecular weight is 356 g/mol. The van der Waals surface area contributed by atoms with Crippen molar-refractivity contribution in [2.24, 2.45) is 0 Å². The van der Waals surface area contributed by atoms with Crippen molar-refractivity contribution in [1.29, 1.82) is 0 Å². The van der Waals surface area contributed by atoms with Crippen molar-refractivity contribution in [3.63, 3.8) is 0 Å². The maximum absolute atomic E-state index is 3.85. The lowest BCUT2D eigenvalue weighted by Crippen LogP contribution is -2.30. The molecular formula is C23H24N4. The van der Waals surface area contributed by atoms with Gasteiger partial charge >= 0.3 is 0 Å². The van der Waals surface area contributed by atoms with Crippen LogP contribution in [0.3, 0.4) is 0 Å². The smallest absolute Gasteiger partial charge is 0.209 e. The van der Waals surface area contributed by atoms with E-state index in [2.05, 4.69) is 94.6 Å². The zero-order valence-electron chi connectivity index (χ0n) is 15.5. The Hall–Kier alpha value is -2.88. The fourth-order valence-corrected chi connectivity index (χ4v) is 3.61. The second-order valence-corrected chi connectivity index (χ2v) is 6.63. The van der Waals surface area contributed by atoms with Crippen LogP contribution in [0.2, 0.25) is 0 Å². The van der Waals surface area contributed by atoms with Crippen LogP contribution in [0.5, 0.6) is 0 Å². The van der Waals surface area contributed by atoms with E-state index in [0.29, 0.717) is 0 Å². The summed E-state index contributed by atoms with van der Waals surface area (Å²) in [7, 11) is 0. The molecule has 2 aliphatic rings. The predicted molar refractivity (Wildman–Crippen MR) is 114 cm³/mol. The van der Waals surface area contributed by atoms with E-state index in [1.165, 1.54) is 22.7 Å². The van der Waals surface area contributed by atoms with Gasteiger partial charge in [0.25, 0.3) is 0 Å². The maximum Gasteiger partial charge on any atom is 0.209 e. The van der Waals surface area contributed by atoms with E-state index < -0.39 is 0 Å². The molecule has 0 amide bonds. The highest BCUT2D eigenvalue weighted by Gasteiger charge is 2.28. The molecule has 136 valence electrons. The van der Waals surface area contributed by atoms with Crippen LogP contribution in [0.15, 0.2) is 73.8 Å². The molecule has 2 heterocycles. The minimum atomic E-state index is 0.769. The monoisotopic (exact) mass is 356 g/mol. The fourth-order valence-electron chi connectivity index (χ4n) is 3.61. The Kier molecular flexibility index (Phi) is 5.05. The number of anilines is 4. The Bertz CT molecular complexity index is 748. The SMILES string of the molecule is C=CCN1[C]N(CCCN2[C]N(CC=C)c3ccccc32)c2ccccc21. The topological polar surface area (TPSA) is 13.0 Å². The van der Waals surface area contributed by atoms with E-state index in [1.54, 1.807) is 0 Å². The van der Waals surface area contributed by atoms with E-state index in [4.69, 9.17) is 0 Å². The predicted octanol–water partition coefficient (Wildman–Crippen LogP) is 4.39. The summed E-state index contributed by atoms with van der Waals surface area (Å²) in [5.41, 5.74) is 4.81. The first-order valence-electron chi connectivity index (χ1n) is 9.34. The van der Waals surface area contributed by atoms with Gasteiger partial charge in [0.05, 0.1) is 22.7 Å². The second-order valence-electron chi connectivity index (χ2n) is 6.63. The first-order valence-corrected chi connectivity index (χ1v) is 9.34. The molecule has 0 bridgehead atoms. The van der Waals surface area contributed by atoms with Gasteiger partial charge in [-0.15, -0.1) is 13.2 Å². The molecule has 4 rings (SSSR count). The Morgan fingerprint density at radius 3 is 1.37 bits per heavy atom. The first-order chi connectivity index (χ1) is 13.3. The normalized spacial score (nSPS) is 15.1. The zero-order valence-corrected chi connectivity index (χ0v) is 15.5. The van der Waals surface area contributed by atoms with Crippen LogP contribution in [-0.2, 0) is 0 Å². The summed E-state index contributed by atoms with van der Waals surface area (Å²) in [6.45, 7) is 18.0. The van der Waals surface area contributed by atoms with Gasteiger partial charge < -0.3 is 19.6 Å². The molecule has 4 radical (unpaired) electrons. The van der Waals surface area contributed by atoms with Crippen LogP contribution >= 0.6 is 0 Å². The Labute approximate surface area is 162 Å². The lowest BCUT2D eigenvalue weighted by molar-refractivity contribution is 0.756. The highest BCUT2D eigenvalue weighted by molar-refractivity contribution is 5.79. The van der Waals surface area contributed by atoms with Crippen LogP contribution in [-0.4, -0.2) is 26.2 Å². The van der Waals surface area contributed by atoms with Crippen molar-refractivity contribution in [2.75, 3.05) is 45.8 Å². The number of para-hydroxylation sites is 4. The molecular weight excluding hydrogens is 332 g/mol. The quantitative estimate of drug-likeness (QED) is 0.650. The molecule has 2 aliphatic heterocycles. The van der Waals surface area contributed by atoms with Crippen molar-refractivity contribution in [3.05, 3.63) is 87.2 Å². The molecule has 4 nitrogen and oxygen atoms in total. The summed E-state index contributed by atoms with van der Waals surface area (Å²) in [6, 6.07) is 16.9. The lowest BCUT2D eigenvalue weighted by atomic mass is 10.2. The van der Waals surface area contributed by atoms with Gasteiger partial charge in [-0.25, -0.2) is 0 Å². The lowest BCUT2D eigenvalue weighted by Gasteiger charge is -2.22. The number of nitrogens with zero attached hydrogens (tertiary/aromatic N) is 4. The van der Waals surface area contributed by atoms with Gasteiger partial charge in [0.2, 0.25) is 13.3 Å². The molecule has 2 aromatic rings.